The Morgan fingerprint density at radius 1 is 0.396 bits per heavy atom. The van der Waals surface area contributed by atoms with Crippen LogP contribution in [0.3, 0.4) is 0 Å². The maximum absolute atomic E-state index is 6.72. The first-order valence-corrected chi connectivity index (χ1v) is 33.0. The summed E-state index contributed by atoms with van der Waals surface area (Å²) in [5.74, 6) is 7.24. The fourth-order valence-corrected chi connectivity index (χ4v) is 13.3. The number of benzene rings is 6. The maximum Gasteiger partial charge on any atom is 0.158 e. The minimum absolute atomic E-state index is 0.187. The van der Waals surface area contributed by atoms with Gasteiger partial charge in [0.05, 0.1) is 41.2 Å². The third kappa shape index (κ3) is 13.6. The number of methoxy groups -OCH3 is 3. The maximum atomic E-state index is 6.72. The zero-order valence-corrected chi connectivity index (χ0v) is 59.5. The van der Waals surface area contributed by atoms with E-state index in [1.807, 2.05) is 167 Å². The van der Waals surface area contributed by atoms with Gasteiger partial charge >= 0.3 is 0 Å². The minimum Gasteiger partial charge on any atom is -0.497 e. The summed E-state index contributed by atoms with van der Waals surface area (Å²) in [6, 6.07) is 29.4. The number of nitrogens with zero attached hydrogens (tertiary/aromatic N) is 9. The van der Waals surface area contributed by atoms with Crippen LogP contribution in [0.4, 0.5) is 17.5 Å². The van der Waals surface area contributed by atoms with Crippen LogP contribution >= 0.6 is 69.6 Å². The summed E-state index contributed by atoms with van der Waals surface area (Å²) in [5, 5.41) is 2.87. The Kier molecular flexibility index (Phi) is 21.9. The third-order valence-corrected chi connectivity index (χ3v) is 18.7. The van der Waals surface area contributed by atoms with Gasteiger partial charge in [0.2, 0.25) is 0 Å². The van der Waals surface area contributed by atoms with E-state index in [4.69, 9.17) is 115 Å². The van der Waals surface area contributed by atoms with Crippen molar-refractivity contribution in [2.75, 3.05) is 58.4 Å². The van der Waals surface area contributed by atoms with Crippen LogP contribution in [0.5, 0.6) is 34.5 Å². The normalized spacial score (nSPS) is 12.2. The lowest BCUT2D eigenvalue weighted by Gasteiger charge is -2.22. The molecule has 0 aliphatic rings. The summed E-state index contributed by atoms with van der Waals surface area (Å²) < 4.78 is 40.2. The highest BCUT2D eigenvalue weighted by Gasteiger charge is 2.30. The Morgan fingerprint density at radius 2 is 0.635 bits per heavy atom. The lowest BCUT2D eigenvalue weighted by Crippen LogP contribution is -2.08. The number of halogens is 6. The number of rotatable bonds is 18. The van der Waals surface area contributed by atoms with Gasteiger partial charge in [-0.3, -0.25) is 13.2 Å². The van der Waals surface area contributed by atoms with E-state index in [9.17, 15) is 0 Å². The van der Waals surface area contributed by atoms with E-state index in [0.29, 0.717) is 84.4 Å². The summed E-state index contributed by atoms with van der Waals surface area (Å²) in [4.78, 5) is 26.2. The third-order valence-electron chi connectivity index (χ3n) is 16.8. The zero-order chi connectivity index (χ0) is 69.0. The number of anilines is 3. The van der Waals surface area contributed by atoms with Crippen LogP contribution in [-0.2, 0) is 0 Å². The van der Waals surface area contributed by atoms with E-state index in [-0.39, 0.29) is 17.8 Å². The molecular weight excluding hydrogens is 1340 g/mol. The lowest BCUT2D eigenvalue weighted by atomic mass is 9.90. The van der Waals surface area contributed by atoms with Crippen molar-refractivity contribution >= 4 is 104 Å². The Bertz CT molecular complexity index is 4340. The molecule has 0 spiro atoms. The van der Waals surface area contributed by atoms with Gasteiger partial charge in [-0.2, -0.15) is 0 Å². The molecule has 0 saturated heterocycles. The summed E-state index contributed by atoms with van der Waals surface area (Å²) in [7, 11) is 4.94. The molecule has 18 nitrogen and oxygen atoms in total. The number of ether oxygens (including phenoxy) is 6. The zero-order valence-electron chi connectivity index (χ0n) is 55.0. The second kappa shape index (κ2) is 30.0. The van der Waals surface area contributed by atoms with Crippen molar-refractivity contribution in [1.82, 2.24) is 43.1 Å². The van der Waals surface area contributed by atoms with Crippen LogP contribution in [0.15, 0.2) is 128 Å². The standard InChI is InChI=1S/3C24H24Cl2N4O2/c3*1-5-32-21-17(13(2)24-29-22(26)20-23(27)28-10-11-30(20)24)12-18(25)14(3)19(21)15-6-8-16(31-4)9-7-15/h3*6-13H,5H2,1-4H3,(H2,27,28)/t2*13-;/m10./s1. The van der Waals surface area contributed by atoms with Gasteiger partial charge in [0.15, 0.2) is 32.9 Å². The number of imidazole rings is 3. The molecule has 0 aliphatic carbocycles. The lowest BCUT2D eigenvalue weighted by molar-refractivity contribution is 0.336. The number of hydrogen-bond acceptors (Lipinski definition) is 15. The van der Waals surface area contributed by atoms with Crippen molar-refractivity contribution in [3.63, 3.8) is 0 Å². The predicted molar refractivity (Wildman–Crippen MR) is 388 cm³/mol. The van der Waals surface area contributed by atoms with Crippen molar-refractivity contribution in [3.05, 3.63) is 210 Å². The van der Waals surface area contributed by atoms with Gasteiger partial charge in [0.25, 0.3) is 0 Å². The van der Waals surface area contributed by atoms with Crippen LogP contribution in [0.2, 0.25) is 30.5 Å². The molecule has 498 valence electrons. The van der Waals surface area contributed by atoms with Gasteiger partial charge < -0.3 is 45.6 Å². The molecule has 0 fully saturated rings. The van der Waals surface area contributed by atoms with Crippen molar-refractivity contribution in [2.24, 2.45) is 0 Å². The quantitative estimate of drug-likeness (QED) is 0.0726. The molecule has 24 heteroatoms. The average Bonchev–Trinajstić information content (AvgIpc) is 1.77. The molecule has 12 rings (SSSR count). The number of nitrogen functional groups attached to an aromatic ring is 3. The van der Waals surface area contributed by atoms with Gasteiger partial charge in [0.1, 0.15) is 68.5 Å². The molecular formula is C72H72Cl6N12O6. The first kappa shape index (κ1) is 69.9. The first-order chi connectivity index (χ1) is 46.1. The Morgan fingerprint density at radius 3 is 0.854 bits per heavy atom. The highest BCUT2D eigenvalue weighted by atomic mass is 35.5. The van der Waals surface area contributed by atoms with E-state index in [1.54, 1.807) is 58.5 Å². The van der Waals surface area contributed by atoms with E-state index < -0.39 is 0 Å². The number of hydrogen-bond donors (Lipinski definition) is 3. The van der Waals surface area contributed by atoms with Gasteiger partial charge in [-0.15, -0.1) is 0 Å². The fraction of sp³-hybridized carbons (Fsp3) is 0.250. The fourth-order valence-electron chi connectivity index (χ4n) is 11.9. The van der Waals surface area contributed by atoms with Crippen molar-refractivity contribution in [2.45, 2.75) is 80.1 Å². The number of nitrogens with two attached hydrogens (primary N) is 3. The van der Waals surface area contributed by atoms with Crippen LogP contribution in [0, 0.1) is 20.8 Å². The summed E-state index contributed by atoms with van der Waals surface area (Å²) in [6.07, 6.45) is 10.3. The van der Waals surface area contributed by atoms with E-state index in [0.717, 1.165) is 119 Å². The van der Waals surface area contributed by atoms with Crippen molar-refractivity contribution in [1.29, 1.82) is 0 Å². The Hall–Kier alpha value is -8.88. The molecule has 0 saturated carbocycles. The molecule has 12 aromatic rings. The second-order valence-corrected chi connectivity index (χ2v) is 24.7. The summed E-state index contributed by atoms with van der Waals surface area (Å²) >= 11 is 39.4. The van der Waals surface area contributed by atoms with Crippen LogP contribution in [-0.4, -0.2) is 84.3 Å². The molecule has 0 amide bonds. The van der Waals surface area contributed by atoms with Gasteiger partial charge in [0, 0.05) is 103 Å². The second-order valence-electron chi connectivity index (χ2n) is 22.4. The van der Waals surface area contributed by atoms with Crippen LogP contribution < -0.4 is 45.6 Å². The molecule has 0 radical (unpaired) electrons. The largest absolute Gasteiger partial charge is 0.497 e. The molecule has 6 aromatic heterocycles. The van der Waals surface area contributed by atoms with Gasteiger partial charge in [-0.25, -0.2) is 29.9 Å². The number of fused-ring (bicyclic) bond motifs is 3. The Labute approximate surface area is 587 Å². The molecule has 6 heterocycles. The Balaban J connectivity index is 0.000000157. The topological polar surface area (TPSA) is 224 Å². The van der Waals surface area contributed by atoms with E-state index in [2.05, 4.69) is 29.9 Å². The molecule has 6 aromatic carbocycles. The van der Waals surface area contributed by atoms with E-state index >= 15 is 0 Å². The number of aromatic nitrogens is 9. The summed E-state index contributed by atoms with van der Waals surface area (Å²) in [5.41, 5.74) is 31.2. The molecule has 6 N–H and O–H groups in total. The van der Waals surface area contributed by atoms with Gasteiger partial charge in [-0.1, -0.05) is 127 Å². The monoisotopic (exact) mass is 1410 g/mol. The molecule has 0 aliphatic heterocycles. The average molecular weight is 1410 g/mol. The molecule has 0 bridgehead atoms. The van der Waals surface area contributed by atoms with Crippen LogP contribution in [0.1, 0.15) is 110 Å². The first-order valence-electron chi connectivity index (χ1n) is 30.8. The van der Waals surface area contributed by atoms with Gasteiger partial charge in [-0.05, 0) is 130 Å². The summed E-state index contributed by atoms with van der Waals surface area (Å²) in [6.45, 7) is 19.5. The van der Waals surface area contributed by atoms with Crippen LogP contribution in [0.25, 0.3) is 49.9 Å². The SMILES string of the molecule is CCOc1c(C(C)c2nc(Cl)c3c(N)nccn23)cc(Cl)c(C)c1-c1ccc(OC)cc1.CCOc1c([C@@H](C)c2nc(Cl)c3c(N)nccn23)cc(Cl)c(C)c1-c1ccc(OC)cc1.CCOc1c([C@H](C)c2nc(Cl)c3c(N)nccn23)cc(Cl)c(C)c1-c1ccc(OC)cc1. The smallest absolute Gasteiger partial charge is 0.158 e. The predicted octanol–water partition coefficient (Wildman–Crippen LogP) is 18.5. The van der Waals surface area contributed by atoms with Crippen molar-refractivity contribution < 1.29 is 28.4 Å². The highest BCUT2D eigenvalue weighted by molar-refractivity contribution is 6.35. The highest BCUT2D eigenvalue weighted by Crippen LogP contribution is 2.49. The minimum atomic E-state index is -0.187. The molecule has 3 atom stereocenters. The molecule has 96 heavy (non-hydrogen) atoms. The van der Waals surface area contributed by atoms with E-state index in [1.165, 1.54) is 0 Å². The van der Waals surface area contributed by atoms with Crippen molar-refractivity contribution in [3.8, 4) is 67.9 Å². The molecule has 1 unspecified atom stereocenters.